The van der Waals surface area contributed by atoms with E-state index in [9.17, 15) is 9.90 Å². The van der Waals surface area contributed by atoms with Gasteiger partial charge in [0.25, 0.3) is 0 Å². The van der Waals surface area contributed by atoms with E-state index in [-0.39, 0.29) is 12.6 Å². The van der Waals surface area contributed by atoms with E-state index in [0.29, 0.717) is 13.1 Å². The minimum absolute atomic E-state index is 0.0836. The standard InChI is InChI=1S/C23H29N3O2/c27-22(17-25-13-11-19-7-2-3-8-20(19)15-25)14-24-23(28)26-12-5-10-18-6-1-4-9-21(18)16-26/h1-4,6-9,22,27H,5,10-17H2,(H,24,28). The van der Waals surface area contributed by atoms with Crippen LogP contribution < -0.4 is 5.32 Å². The molecule has 2 amide bonds. The molecule has 2 aliphatic rings. The number of carbonyl (C=O) groups excluding carboxylic acids is 1. The molecule has 0 bridgehead atoms. The lowest BCUT2D eigenvalue weighted by molar-refractivity contribution is 0.103. The van der Waals surface area contributed by atoms with Crippen LogP contribution in [0.1, 0.15) is 28.7 Å². The molecular formula is C23H29N3O2. The highest BCUT2D eigenvalue weighted by molar-refractivity contribution is 5.74. The number of fused-ring (bicyclic) bond motifs is 2. The van der Waals surface area contributed by atoms with E-state index in [1.165, 1.54) is 22.3 Å². The van der Waals surface area contributed by atoms with Crippen LogP contribution in [0.2, 0.25) is 0 Å². The summed E-state index contributed by atoms with van der Waals surface area (Å²) in [5, 5.41) is 13.4. The average Bonchev–Trinajstić information content (AvgIpc) is 2.94. The number of rotatable bonds is 4. The van der Waals surface area contributed by atoms with Crippen LogP contribution in [0.5, 0.6) is 0 Å². The van der Waals surface area contributed by atoms with E-state index in [2.05, 4.69) is 52.7 Å². The van der Waals surface area contributed by atoms with Crippen molar-refractivity contribution >= 4 is 6.03 Å². The van der Waals surface area contributed by atoms with Gasteiger partial charge in [0.05, 0.1) is 6.10 Å². The van der Waals surface area contributed by atoms with Crippen molar-refractivity contribution in [2.24, 2.45) is 0 Å². The fraction of sp³-hybridized carbons (Fsp3) is 0.435. The molecule has 0 radical (unpaired) electrons. The van der Waals surface area contributed by atoms with Crippen LogP contribution in [0.25, 0.3) is 0 Å². The minimum Gasteiger partial charge on any atom is -0.390 e. The summed E-state index contributed by atoms with van der Waals surface area (Å²) in [6, 6.07) is 16.7. The number of benzene rings is 2. The first-order valence-corrected chi connectivity index (χ1v) is 10.3. The fourth-order valence-electron chi connectivity index (χ4n) is 4.26. The zero-order chi connectivity index (χ0) is 19.3. The summed E-state index contributed by atoms with van der Waals surface area (Å²) in [6.45, 7) is 4.07. The lowest BCUT2D eigenvalue weighted by Gasteiger charge is -2.30. The zero-order valence-corrected chi connectivity index (χ0v) is 16.3. The molecule has 2 aliphatic heterocycles. The highest BCUT2D eigenvalue weighted by Crippen LogP contribution is 2.19. The molecular weight excluding hydrogens is 350 g/mol. The Labute approximate surface area is 167 Å². The molecule has 0 spiro atoms. The molecule has 4 rings (SSSR count). The van der Waals surface area contributed by atoms with E-state index in [0.717, 1.165) is 38.9 Å². The predicted molar refractivity (Wildman–Crippen MR) is 110 cm³/mol. The molecule has 2 aromatic carbocycles. The van der Waals surface area contributed by atoms with Gasteiger partial charge in [-0.15, -0.1) is 0 Å². The number of aliphatic hydroxyl groups excluding tert-OH is 1. The third-order valence-corrected chi connectivity index (χ3v) is 5.81. The Bertz CT molecular complexity index is 823. The topological polar surface area (TPSA) is 55.8 Å². The second-order valence-electron chi connectivity index (χ2n) is 7.89. The molecule has 2 heterocycles. The van der Waals surface area contributed by atoms with Crippen molar-refractivity contribution in [3.8, 4) is 0 Å². The first kappa shape index (κ1) is 19.0. The maximum absolute atomic E-state index is 12.6. The Morgan fingerprint density at radius 3 is 2.32 bits per heavy atom. The Kier molecular flexibility index (Phi) is 5.93. The van der Waals surface area contributed by atoms with Crippen LogP contribution in [0.4, 0.5) is 4.79 Å². The third-order valence-electron chi connectivity index (χ3n) is 5.81. The number of hydrogen-bond donors (Lipinski definition) is 2. The molecule has 0 aliphatic carbocycles. The molecule has 0 fully saturated rings. The van der Waals surface area contributed by atoms with Crippen LogP contribution >= 0.6 is 0 Å². The number of β-amino-alcohol motifs (C(OH)–C–C–N with tert-alkyl or cyclic N) is 1. The second-order valence-corrected chi connectivity index (χ2v) is 7.89. The summed E-state index contributed by atoms with van der Waals surface area (Å²) in [5.41, 5.74) is 5.31. The van der Waals surface area contributed by atoms with Crippen LogP contribution in [0.3, 0.4) is 0 Å². The van der Waals surface area contributed by atoms with E-state index in [1.807, 2.05) is 11.0 Å². The van der Waals surface area contributed by atoms with Crippen LogP contribution in [0, 0.1) is 0 Å². The molecule has 1 unspecified atom stereocenters. The Morgan fingerprint density at radius 1 is 0.929 bits per heavy atom. The van der Waals surface area contributed by atoms with Crippen LogP contribution in [0.15, 0.2) is 48.5 Å². The Balaban J connectivity index is 1.26. The first-order chi connectivity index (χ1) is 13.7. The van der Waals surface area contributed by atoms with Gasteiger partial charge in [0.1, 0.15) is 0 Å². The van der Waals surface area contributed by atoms with Gasteiger partial charge < -0.3 is 15.3 Å². The van der Waals surface area contributed by atoms with E-state index >= 15 is 0 Å². The predicted octanol–water partition coefficient (Wildman–Crippen LogP) is 2.56. The fourth-order valence-corrected chi connectivity index (χ4v) is 4.26. The Morgan fingerprint density at radius 2 is 1.57 bits per heavy atom. The van der Waals surface area contributed by atoms with Gasteiger partial charge in [-0.25, -0.2) is 4.79 Å². The summed E-state index contributed by atoms with van der Waals surface area (Å²) >= 11 is 0. The van der Waals surface area contributed by atoms with Crippen LogP contribution in [-0.4, -0.2) is 53.2 Å². The SMILES string of the molecule is O=C(NCC(O)CN1CCc2ccccc2C1)N1CCCc2ccccc2C1. The molecule has 28 heavy (non-hydrogen) atoms. The zero-order valence-electron chi connectivity index (χ0n) is 16.3. The van der Waals surface area contributed by atoms with E-state index in [1.54, 1.807) is 0 Å². The molecule has 1 atom stereocenters. The van der Waals surface area contributed by atoms with Crippen molar-refractivity contribution in [1.29, 1.82) is 0 Å². The quantitative estimate of drug-likeness (QED) is 0.859. The molecule has 0 saturated heterocycles. The molecule has 5 heteroatoms. The number of carbonyl (C=O) groups is 1. The van der Waals surface area contributed by atoms with E-state index < -0.39 is 6.10 Å². The lowest BCUT2D eigenvalue weighted by Crippen LogP contribution is -2.46. The average molecular weight is 380 g/mol. The third kappa shape index (κ3) is 4.54. The first-order valence-electron chi connectivity index (χ1n) is 10.3. The van der Waals surface area contributed by atoms with Gasteiger partial charge in [-0.1, -0.05) is 48.5 Å². The molecule has 0 aromatic heterocycles. The molecule has 2 aromatic rings. The maximum atomic E-state index is 12.6. The summed E-state index contributed by atoms with van der Waals surface area (Å²) in [4.78, 5) is 16.7. The van der Waals surface area contributed by atoms with Crippen molar-refractivity contribution in [3.05, 3.63) is 70.8 Å². The number of urea groups is 1. The van der Waals surface area contributed by atoms with Gasteiger partial charge in [0, 0.05) is 39.3 Å². The number of aliphatic hydroxyl groups is 1. The largest absolute Gasteiger partial charge is 0.390 e. The molecule has 0 saturated carbocycles. The second kappa shape index (κ2) is 8.76. The van der Waals surface area contributed by atoms with Gasteiger partial charge in [-0.3, -0.25) is 4.90 Å². The number of hydrogen-bond acceptors (Lipinski definition) is 3. The van der Waals surface area contributed by atoms with Gasteiger partial charge >= 0.3 is 6.03 Å². The van der Waals surface area contributed by atoms with Crippen molar-refractivity contribution < 1.29 is 9.90 Å². The van der Waals surface area contributed by atoms with Gasteiger partial charge in [-0.05, 0) is 41.5 Å². The molecule has 2 N–H and O–H groups in total. The van der Waals surface area contributed by atoms with Crippen molar-refractivity contribution in [2.75, 3.05) is 26.2 Å². The van der Waals surface area contributed by atoms with E-state index in [4.69, 9.17) is 0 Å². The highest BCUT2D eigenvalue weighted by Gasteiger charge is 2.21. The smallest absolute Gasteiger partial charge is 0.317 e. The monoisotopic (exact) mass is 379 g/mol. The van der Waals surface area contributed by atoms with Crippen molar-refractivity contribution in [2.45, 2.75) is 38.5 Å². The summed E-state index contributed by atoms with van der Waals surface area (Å²) in [5.74, 6) is 0. The molecule has 5 nitrogen and oxygen atoms in total. The van der Waals surface area contributed by atoms with Gasteiger partial charge in [0.15, 0.2) is 0 Å². The summed E-state index contributed by atoms with van der Waals surface area (Å²) < 4.78 is 0. The van der Waals surface area contributed by atoms with Crippen LogP contribution in [-0.2, 0) is 25.9 Å². The summed E-state index contributed by atoms with van der Waals surface area (Å²) in [6.07, 6.45) is 2.44. The number of aryl methyl sites for hydroxylation is 1. The minimum atomic E-state index is -0.562. The molecule has 148 valence electrons. The number of nitrogens with one attached hydrogen (secondary N) is 1. The van der Waals surface area contributed by atoms with Gasteiger partial charge in [-0.2, -0.15) is 0 Å². The summed E-state index contributed by atoms with van der Waals surface area (Å²) in [7, 11) is 0. The lowest BCUT2D eigenvalue weighted by atomic mass is 10.00. The number of nitrogens with zero attached hydrogens (tertiary/aromatic N) is 2. The maximum Gasteiger partial charge on any atom is 0.317 e. The number of amides is 2. The van der Waals surface area contributed by atoms with Gasteiger partial charge in [0.2, 0.25) is 0 Å². The normalized spacial score (nSPS) is 18.0. The highest BCUT2D eigenvalue weighted by atomic mass is 16.3. The van der Waals surface area contributed by atoms with Crippen molar-refractivity contribution in [1.82, 2.24) is 15.1 Å². The Hall–Kier alpha value is -2.37. The van der Waals surface area contributed by atoms with Crippen molar-refractivity contribution in [3.63, 3.8) is 0 Å².